The van der Waals surface area contributed by atoms with E-state index in [1.807, 2.05) is 25.1 Å². The molecule has 0 amide bonds. The zero-order chi connectivity index (χ0) is 14.1. The van der Waals surface area contributed by atoms with E-state index < -0.39 is 11.2 Å². The zero-order valence-electron chi connectivity index (χ0n) is 11.0. The molecule has 1 aromatic carbocycles. The van der Waals surface area contributed by atoms with Crippen LogP contribution >= 0.6 is 0 Å². The molecule has 100 valence electrons. The predicted octanol–water partition coefficient (Wildman–Crippen LogP) is 1.64. The van der Waals surface area contributed by atoms with Gasteiger partial charge in [0.25, 0.3) is 5.56 Å². The van der Waals surface area contributed by atoms with Crippen molar-refractivity contribution in [2.45, 2.75) is 13.3 Å². The second-order valence-corrected chi connectivity index (χ2v) is 4.46. The van der Waals surface area contributed by atoms with Crippen molar-refractivity contribution in [1.82, 2.24) is 14.5 Å². The zero-order valence-corrected chi connectivity index (χ0v) is 11.0. The number of aryl methyl sites for hydroxylation is 1. The summed E-state index contributed by atoms with van der Waals surface area (Å²) in [5, 5.41) is 0.408. The number of nitrogens with one attached hydrogen (secondary N) is 1. The van der Waals surface area contributed by atoms with Crippen LogP contribution in [0.3, 0.4) is 0 Å². The fraction of sp³-hybridized carbons (Fsp3) is 0.133. The van der Waals surface area contributed by atoms with Gasteiger partial charge < -0.3 is 0 Å². The standard InChI is InChI=1S/C15H13N3O2/c1-2-10-8-9-12-13(16-10)18(15(20)17-14(12)19)11-6-4-3-5-7-11/h3-9H,2H2,1H3,(H,17,19,20). The van der Waals surface area contributed by atoms with Crippen LogP contribution in [0.4, 0.5) is 0 Å². The lowest BCUT2D eigenvalue weighted by molar-refractivity contribution is 0.912. The van der Waals surface area contributed by atoms with Gasteiger partial charge in [0.2, 0.25) is 0 Å². The highest BCUT2D eigenvalue weighted by molar-refractivity contribution is 5.75. The molecule has 3 rings (SSSR count). The third-order valence-electron chi connectivity index (χ3n) is 3.19. The van der Waals surface area contributed by atoms with Crippen LogP contribution in [0, 0.1) is 0 Å². The number of aromatic amines is 1. The largest absolute Gasteiger partial charge is 0.334 e. The van der Waals surface area contributed by atoms with Crippen molar-refractivity contribution < 1.29 is 0 Å². The molecule has 3 aromatic rings. The Labute approximate surface area is 114 Å². The van der Waals surface area contributed by atoms with Crippen molar-refractivity contribution in [3.05, 3.63) is 69.0 Å². The molecule has 0 aliphatic rings. The molecular weight excluding hydrogens is 254 g/mol. The molecule has 0 aliphatic heterocycles. The fourth-order valence-corrected chi connectivity index (χ4v) is 2.17. The summed E-state index contributed by atoms with van der Waals surface area (Å²) in [7, 11) is 0. The first-order valence-corrected chi connectivity index (χ1v) is 6.41. The van der Waals surface area contributed by atoms with E-state index in [1.54, 1.807) is 24.3 Å². The number of hydrogen-bond donors (Lipinski definition) is 1. The number of nitrogens with zero attached hydrogens (tertiary/aromatic N) is 2. The first-order chi connectivity index (χ1) is 9.70. The number of para-hydroxylation sites is 1. The number of pyridine rings is 1. The SMILES string of the molecule is CCc1ccc2c(=O)[nH]c(=O)n(-c3ccccc3)c2n1. The number of benzene rings is 1. The van der Waals surface area contributed by atoms with Gasteiger partial charge in [-0.15, -0.1) is 0 Å². The Morgan fingerprint density at radius 2 is 1.85 bits per heavy atom. The van der Waals surface area contributed by atoms with Gasteiger partial charge >= 0.3 is 5.69 Å². The van der Waals surface area contributed by atoms with E-state index in [2.05, 4.69) is 9.97 Å². The summed E-state index contributed by atoms with van der Waals surface area (Å²) < 4.78 is 1.43. The third kappa shape index (κ3) is 1.93. The summed E-state index contributed by atoms with van der Waals surface area (Å²) in [6.45, 7) is 1.98. The maximum absolute atomic E-state index is 12.1. The molecule has 0 atom stereocenters. The Morgan fingerprint density at radius 3 is 2.55 bits per heavy atom. The molecular formula is C15H13N3O2. The van der Waals surface area contributed by atoms with E-state index in [-0.39, 0.29) is 0 Å². The maximum Gasteiger partial charge on any atom is 0.334 e. The highest BCUT2D eigenvalue weighted by Crippen LogP contribution is 2.12. The van der Waals surface area contributed by atoms with Crippen LogP contribution in [0.2, 0.25) is 0 Å². The van der Waals surface area contributed by atoms with E-state index in [0.717, 1.165) is 12.1 Å². The monoisotopic (exact) mass is 267 g/mol. The van der Waals surface area contributed by atoms with Gasteiger partial charge in [0.05, 0.1) is 11.1 Å². The molecule has 0 unspecified atom stereocenters. The van der Waals surface area contributed by atoms with Gasteiger partial charge in [0.1, 0.15) is 0 Å². The van der Waals surface area contributed by atoms with Crippen LogP contribution in [0.5, 0.6) is 0 Å². The molecule has 0 fully saturated rings. The lowest BCUT2D eigenvalue weighted by atomic mass is 10.2. The Hall–Kier alpha value is -2.69. The van der Waals surface area contributed by atoms with Gasteiger partial charge in [-0.25, -0.2) is 14.3 Å². The molecule has 0 aliphatic carbocycles. The molecule has 0 saturated carbocycles. The average molecular weight is 267 g/mol. The molecule has 0 spiro atoms. The Kier molecular flexibility index (Phi) is 2.95. The van der Waals surface area contributed by atoms with Crippen molar-refractivity contribution in [3.63, 3.8) is 0 Å². The van der Waals surface area contributed by atoms with Gasteiger partial charge in [-0.3, -0.25) is 9.78 Å². The van der Waals surface area contributed by atoms with Crippen molar-refractivity contribution in [2.24, 2.45) is 0 Å². The quantitative estimate of drug-likeness (QED) is 0.767. The molecule has 0 bridgehead atoms. The fourth-order valence-electron chi connectivity index (χ4n) is 2.17. The Balaban J connectivity index is 2.47. The minimum Gasteiger partial charge on any atom is -0.273 e. The van der Waals surface area contributed by atoms with Crippen LogP contribution in [0.1, 0.15) is 12.6 Å². The van der Waals surface area contributed by atoms with E-state index in [4.69, 9.17) is 0 Å². The van der Waals surface area contributed by atoms with Crippen LogP contribution in [0.25, 0.3) is 16.7 Å². The summed E-state index contributed by atoms with van der Waals surface area (Å²) in [5.41, 5.74) is 1.03. The molecule has 1 N–H and O–H groups in total. The van der Waals surface area contributed by atoms with Crippen molar-refractivity contribution in [3.8, 4) is 5.69 Å². The van der Waals surface area contributed by atoms with Crippen molar-refractivity contribution in [1.29, 1.82) is 0 Å². The van der Waals surface area contributed by atoms with Gasteiger partial charge in [0.15, 0.2) is 5.65 Å². The van der Waals surface area contributed by atoms with Crippen molar-refractivity contribution >= 4 is 11.0 Å². The molecule has 0 saturated heterocycles. The minimum absolute atomic E-state index is 0.393. The van der Waals surface area contributed by atoms with E-state index in [1.165, 1.54) is 4.57 Å². The number of aromatic nitrogens is 3. The molecule has 2 heterocycles. The van der Waals surface area contributed by atoms with Gasteiger partial charge in [-0.1, -0.05) is 25.1 Å². The smallest absolute Gasteiger partial charge is 0.273 e. The Morgan fingerprint density at radius 1 is 1.10 bits per heavy atom. The number of hydrogen-bond acceptors (Lipinski definition) is 3. The summed E-state index contributed by atoms with van der Waals surface area (Å²) in [6, 6.07) is 12.7. The number of H-pyrrole nitrogens is 1. The molecule has 5 nitrogen and oxygen atoms in total. The summed E-state index contributed by atoms with van der Waals surface area (Å²) in [5.74, 6) is 0. The predicted molar refractivity (Wildman–Crippen MR) is 77.3 cm³/mol. The van der Waals surface area contributed by atoms with Crippen LogP contribution in [-0.2, 0) is 6.42 Å². The molecule has 2 aromatic heterocycles. The Bertz CT molecular complexity index is 879. The molecule has 5 heteroatoms. The van der Waals surface area contributed by atoms with E-state index in [0.29, 0.717) is 16.7 Å². The summed E-state index contributed by atoms with van der Waals surface area (Å²) >= 11 is 0. The highest BCUT2D eigenvalue weighted by Gasteiger charge is 2.10. The minimum atomic E-state index is -0.477. The molecule has 20 heavy (non-hydrogen) atoms. The second kappa shape index (κ2) is 4.77. The van der Waals surface area contributed by atoms with Gasteiger partial charge in [-0.05, 0) is 30.7 Å². The average Bonchev–Trinajstić information content (AvgIpc) is 2.47. The van der Waals surface area contributed by atoms with Gasteiger partial charge in [0, 0.05) is 5.69 Å². The molecule has 0 radical (unpaired) electrons. The van der Waals surface area contributed by atoms with Crippen LogP contribution in [-0.4, -0.2) is 14.5 Å². The first-order valence-electron chi connectivity index (χ1n) is 6.41. The summed E-state index contributed by atoms with van der Waals surface area (Å²) in [6.07, 6.45) is 0.742. The normalized spacial score (nSPS) is 10.8. The lowest BCUT2D eigenvalue weighted by Gasteiger charge is -2.09. The van der Waals surface area contributed by atoms with Gasteiger partial charge in [-0.2, -0.15) is 0 Å². The number of fused-ring (bicyclic) bond motifs is 1. The third-order valence-corrected chi connectivity index (χ3v) is 3.19. The second-order valence-electron chi connectivity index (χ2n) is 4.46. The van der Waals surface area contributed by atoms with Crippen molar-refractivity contribution in [2.75, 3.05) is 0 Å². The maximum atomic E-state index is 12.1. The first kappa shape index (κ1) is 12.3. The van der Waals surface area contributed by atoms with E-state index >= 15 is 0 Å². The van der Waals surface area contributed by atoms with Crippen LogP contribution in [0.15, 0.2) is 52.1 Å². The summed E-state index contributed by atoms with van der Waals surface area (Å²) in [4.78, 5) is 30.8. The highest BCUT2D eigenvalue weighted by atomic mass is 16.2. The van der Waals surface area contributed by atoms with E-state index in [9.17, 15) is 9.59 Å². The van der Waals surface area contributed by atoms with Crippen LogP contribution < -0.4 is 11.2 Å². The lowest BCUT2D eigenvalue weighted by Crippen LogP contribution is -2.30. The number of rotatable bonds is 2. The topological polar surface area (TPSA) is 67.8 Å².